The second-order valence-electron chi connectivity index (χ2n) is 5.81. The zero-order chi connectivity index (χ0) is 15.1. The molecule has 2 heterocycles. The van der Waals surface area contributed by atoms with Crippen LogP contribution < -0.4 is 0 Å². The van der Waals surface area contributed by atoms with Crippen LogP contribution in [-0.2, 0) is 16.1 Å². The quantitative estimate of drug-likeness (QED) is 0.841. The number of fused-ring (bicyclic) bond motifs is 1. The van der Waals surface area contributed by atoms with Gasteiger partial charge in [0.05, 0.1) is 6.04 Å². The van der Waals surface area contributed by atoms with E-state index in [1.807, 2.05) is 0 Å². The molecule has 21 heavy (non-hydrogen) atoms. The number of methoxy groups -OCH3 is 1. The number of benzene rings is 1. The van der Waals surface area contributed by atoms with E-state index in [2.05, 4.69) is 4.90 Å². The Morgan fingerprint density at radius 1 is 1.24 bits per heavy atom. The monoisotopic (exact) mass is 296 g/mol. The van der Waals surface area contributed by atoms with Gasteiger partial charge in [-0.15, -0.1) is 0 Å². The molecule has 0 unspecified atom stereocenters. The van der Waals surface area contributed by atoms with Crippen molar-refractivity contribution in [1.29, 1.82) is 0 Å². The molecule has 3 atom stereocenters. The van der Waals surface area contributed by atoms with Crippen LogP contribution in [0.15, 0.2) is 18.2 Å². The largest absolute Gasteiger partial charge is 0.371 e. The molecule has 0 aliphatic carbocycles. The molecule has 0 radical (unpaired) electrons. The standard InChI is InChI=1S/C15H18F2N2O2/c1-18-13-8-19(7-12(13)14(21-2)15(18)20)6-9-3-10(16)5-11(17)4-9/h3-5,12-14H,6-8H2,1-2H3/t12-,13+,14-/m0/s1. The molecule has 2 fully saturated rings. The molecule has 2 saturated heterocycles. The van der Waals surface area contributed by atoms with Gasteiger partial charge in [0.2, 0.25) is 0 Å². The minimum atomic E-state index is -0.563. The second kappa shape index (κ2) is 5.35. The Bertz CT molecular complexity index is 546. The highest BCUT2D eigenvalue weighted by atomic mass is 19.1. The molecule has 0 N–H and O–H groups in total. The lowest BCUT2D eigenvalue weighted by atomic mass is 10.0. The Balaban J connectivity index is 1.72. The molecule has 2 aliphatic heterocycles. The highest BCUT2D eigenvalue weighted by Crippen LogP contribution is 2.33. The van der Waals surface area contributed by atoms with Crippen LogP contribution in [0.2, 0.25) is 0 Å². The summed E-state index contributed by atoms with van der Waals surface area (Å²) in [6.07, 6.45) is -0.408. The first-order valence-electron chi connectivity index (χ1n) is 6.96. The summed E-state index contributed by atoms with van der Waals surface area (Å²) in [7, 11) is 3.33. The lowest BCUT2D eigenvalue weighted by Crippen LogP contribution is -2.36. The van der Waals surface area contributed by atoms with Gasteiger partial charge in [0.15, 0.2) is 0 Å². The molecule has 0 aromatic heterocycles. The Labute approximate surface area is 122 Å². The van der Waals surface area contributed by atoms with Crippen molar-refractivity contribution in [3.63, 3.8) is 0 Å². The van der Waals surface area contributed by atoms with E-state index in [1.54, 1.807) is 19.1 Å². The predicted molar refractivity (Wildman–Crippen MR) is 72.5 cm³/mol. The number of amides is 1. The lowest BCUT2D eigenvalue weighted by Gasteiger charge is -2.21. The summed E-state index contributed by atoms with van der Waals surface area (Å²) in [5.74, 6) is -0.993. The van der Waals surface area contributed by atoms with Crippen LogP contribution in [0.3, 0.4) is 0 Å². The van der Waals surface area contributed by atoms with Crippen LogP contribution in [0.25, 0.3) is 0 Å². The number of hydrogen-bond donors (Lipinski definition) is 0. The van der Waals surface area contributed by atoms with Crippen LogP contribution in [0.1, 0.15) is 5.56 Å². The Morgan fingerprint density at radius 3 is 2.52 bits per heavy atom. The van der Waals surface area contributed by atoms with Crippen molar-refractivity contribution in [2.45, 2.75) is 18.7 Å². The van der Waals surface area contributed by atoms with E-state index >= 15 is 0 Å². The summed E-state index contributed by atoms with van der Waals surface area (Å²) in [5.41, 5.74) is 0.607. The smallest absolute Gasteiger partial charge is 0.252 e. The molecule has 1 aromatic rings. The van der Waals surface area contributed by atoms with Gasteiger partial charge in [0.25, 0.3) is 5.91 Å². The Kier molecular flexibility index (Phi) is 3.67. The zero-order valence-corrected chi connectivity index (χ0v) is 12.1. The third-order valence-corrected chi connectivity index (χ3v) is 4.47. The number of likely N-dealkylation sites (tertiary alicyclic amines) is 2. The minimum absolute atomic E-state index is 0.0175. The molecule has 0 bridgehead atoms. The van der Waals surface area contributed by atoms with Crippen molar-refractivity contribution in [3.8, 4) is 0 Å². The second-order valence-corrected chi connectivity index (χ2v) is 5.81. The lowest BCUT2D eigenvalue weighted by molar-refractivity contribution is -0.136. The van der Waals surface area contributed by atoms with E-state index in [0.717, 1.165) is 6.07 Å². The van der Waals surface area contributed by atoms with Crippen LogP contribution >= 0.6 is 0 Å². The van der Waals surface area contributed by atoms with Crippen molar-refractivity contribution in [2.75, 3.05) is 27.2 Å². The molecular weight excluding hydrogens is 278 g/mol. The molecular formula is C15H18F2N2O2. The number of rotatable bonds is 3. The number of carbonyl (C=O) groups excluding carboxylic acids is 1. The topological polar surface area (TPSA) is 32.8 Å². The first-order valence-corrected chi connectivity index (χ1v) is 6.96. The fourth-order valence-electron chi connectivity index (χ4n) is 3.51. The highest BCUT2D eigenvalue weighted by molar-refractivity contribution is 5.84. The number of likely N-dealkylation sites (N-methyl/N-ethyl adjacent to an activating group) is 1. The van der Waals surface area contributed by atoms with Crippen molar-refractivity contribution in [3.05, 3.63) is 35.4 Å². The molecule has 4 nitrogen and oxygen atoms in total. The van der Waals surface area contributed by atoms with Gasteiger partial charge in [-0.2, -0.15) is 0 Å². The number of ether oxygens (including phenoxy) is 1. The van der Waals surface area contributed by atoms with Gasteiger partial charge in [-0.25, -0.2) is 8.78 Å². The van der Waals surface area contributed by atoms with E-state index in [0.29, 0.717) is 25.2 Å². The van der Waals surface area contributed by atoms with Crippen molar-refractivity contribution < 1.29 is 18.3 Å². The Morgan fingerprint density at radius 2 is 1.90 bits per heavy atom. The molecule has 1 amide bonds. The summed E-state index contributed by atoms with van der Waals surface area (Å²) < 4.78 is 31.8. The fourth-order valence-corrected chi connectivity index (χ4v) is 3.51. The summed E-state index contributed by atoms with van der Waals surface area (Å²) in [4.78, 5) is 15.8. The van der Waals surface area contributed by atoms with E-state index in [1.165, 1.54) is 12.1 Å². The van der Waals surface area contributed by atoms with Crippen molar-refractivity contribution in [2.24, 2.45) is 5.92 Å². The molecule has 2 aliphatic rings. The SMILES string of the molecule is CO[C@@H]1C(=O)N(C)[C@@H]2CN(Cc3cc(F)cc(F)c3)C[C@H]12. The fraction of sp³-hybridized carbons (Fsp3) is 0.533. The van der Waals surface area contributed by atoms with Crippen molar-refractivity contribution >= 4 is 5.91 Å². The summed E-state index contributed by atoms with van der Waals surface area (Å²) in [5, 5.41) is 0. The van der Waals surface area contributed by atoms with Crippen LogP contribution in [-0.4, -0.2) is 55.1 Å². The van der Waals surface area contributed by atoms with Gasteiger partial charge in [-0.05, 0) is 17.7 Å². The van der Waals surface area contributed by atoms with Gasteiger partial charge >= 0.3 is 0 Å². The molecule has 0 spiro atoms. The zero-order valence-electron chi connectivity index (χ0n) is 12.1. The number of carbonyl (C=O) groups is 1. The highest BCUT2D eigenvalue weighted by Gasteiger charge is 2.51. The van der Waals surface area contributed by atoms with Gasteiger partial charge in [-0.1, -0.05) is 0 Å². The third-order valence-electron chi connectivity index (χ3n) is 4.47. The molecule has 114 valence electrons. The first kappa shape index (κ1) is 14.4. The third kappa shape index (κ3) is 2.53. The van der Waals surface area contributed by atoms with Gasteiger partial charge < -0.3 is 9.64 Å². The Hall–Kier alpha value is -1.53. The molecule has 0 saturated carbocycles. The van der Waals surface area contributed by atoms with Crippen LogP contribution in [0.5, 0.6) is 0 Å². The predicted octanol–water partition coefficient (Wildman–Crippen LogP) is 1.25. The maximum Gasteiger partial charge on any atom is 0.252 e. The van der Waals surface area contributed by atoms with Crippen molar-refractivity contribution in [1.82, 2.24) is 9.80 Å². The summed E-state index contributed by atoms with van der Waals surface area (Å²) in [6, 6.07) is 3.68. The van der Waals surface area contributed by atoms with Gasteiger partial charge in [0.1, 0.15) is 17.7 Å². The average molecular weight is 296 g/mol. The first-order chi connectivity index (χ1) is 9.99. The van der Waals surface area contributed by atoms with E-state index in [-0.39, 0.29) is 17.9 Å². The maximum atomic E-state index is 13.2. The minimum Gasteiger partial charge on any atom is -0.371 e. The van der Waals surface area contributed by atoms with Gasteiger partial charge in [0, 0.05) is 45.8 Å². The van der Waals surface area contributed by atoms with Crippen LogP contribution in [0.4, 0.5) is 8.78 Å². The maximum absolute atomic E-state index is 13.2. The number of hydrogen-bond acceptors (Lipinski definition) is 3. The van der Waals surface area contributed by atoms with Crippen LogP contribution in [0, 0.1) is 17.6 Å². The molecule has 1 aromatic carbocycles. The number of halogens is 2. The normalized spacial score (nSPS) is 29.2. The number of nitrogens with zero attached hydrogens (tertiary/aromatic N) is 2. The van der Waals surface area contributed by atoms with E-state index in [9.17, 15) is 13.6 Å². The summed E-state index contributed by atoms with van der Waals surface area (Å²) in [6.45, 7) is 1.86. The summed E-state index contributed by atoms with van der Waals surface area (Å²) >= 11 is 0. The molecule has 6 heteroatoms. The van der Waals surface area contributed by atoms with E-state index in [4.69, 9.17) is 4.74 Å². The van der Waals surface area contributed by atoms with E-state index < -0.39 is 17.7 Å². The molecule has 3 rings (SSSR count). The average Bonchev–Trinajstić information content (AvgIpc) is 2.89. The van der Waals surface area contributed by atoms with Gasteiger partial charge in [-0.3, -0.25) is 9.69 Å².